The van der Waals surface area contributed by atoms with Gasteiger partial charge in [-0.25, -0.2) is 4.98 Å². The molecule has 0 amide bonds. The number of rotatable bonds is 4. The molecule has 0 atom stereocenters. The van der Waals surface area contributed by atoms with Gasteiger partial charge in [-0.05, 0) is 29.3 Å². The molecule has 24 heavy (non-hydrogen) atoms. The smallest absolute Gasteiger partial charge is 0.295 e. The van der Waals surface area contributed by atoms with Gasteiger partial charge in [0, 0.05) is 37.4 Å². The van der Waals surface area contributed by atoms with Crippen molar-refractivity contribution in [1.82, 2.24) is 4.98 Å². The molecule has 0 spiro atoms. The second-order valence-corrected chi connectivity index (χ2v) is 5.65. The summed E-state index contributed by atoms with van der Waals surface area (Å²) in [6.07, 6.45) is 5.55. The van der Waals surface area contributed by atoms with Gasteiger partial charge in [0.25, 0.3) is 5.69 Å². The number of nitro groups is 1. The van der Waals surface area contributed by atoms with Crippen LogP contribution in [0.5, 0.6) is 0 Å². The summed E-state index contributed by atoms with van der Waals surface area (Å²) < 4.78 is 0. The molecule has 0 saturated heterocycles. The first kappa shape index (κ1) is 15.7. The summed E-state index contributed by atoms with van der Waals surface area (Å²) in [6.45, 7) is 0. The van der Waals surface area contributed by atoms with Crippen LogP contribution in [0.2, 0.25) is 0 Å². The van der Waals surface area contributed by atoms with Gasteiger partial charge in [-0.2, -0.15) is 0 Å². The zero-order valence-corrected chi connectivity index (χ0v) is 13.5. The maximum absolute atomic E-state index is 11.1. The van der Waals surface area contributed by atoms with Crippen LogP contribution in [0.1, 0.15) is 11.1 Å². The molecule has 1 aromatic heterocycles. The Hall–Kier alpha value is -3.21. The van der Waals surface area contributed by atoms with E-state index in [4.69, 9.17) is 0 Å². The van der Waals surface area contributed by atoms with Crippen LogP contribution in [0.25, 0.3) is 23.1 Å². The molecule has 0 N–H and O–H groups in total. The Kier molecular flexibility index (Phi) is 4.24. The summed E-state index contributed by atoms with van der Waals surface area (Å²) in [4.78, 5) is 16.9. The maximum Gasteiger partial charge on any atom is 0.295 e. The summed E-state index contributed by atoms with van der Waals surface area (Å²) in [5, 5.41) is 11.9. The van der Waals surface area contributed by atoms with Gasteiger partial charge in [0.1, 0.15) is 5.52 Å². The van der Waals surface area contributed by atoms with Gasteiger partial charge in [-0.1, -0.05) is 36.4 Å². The Morgan fingerprint density at radius 3 is 2.46 bits per heavy atom. The molecule has 0 bridgehead atoms. The third-order valence-corrected chi connectivity index (χ3v) is 3.84. The SMILES string of the molecule is CN(C)c1ccc(/C=C\c2ccnc3c([N+](=O)[O-])cccc23)cc1. The van der Waals surface area contributed by atoms with Crippen molar-refractivity contribution >= 4 is 34.4 Å². The van der Waals surface area contributed by atoms with Crippen LogP contribution in [-0.4, -0.2) is 24.0 Å². The highest BCUT2D eigenvalue weighted by Crippen LogP contribution is 2.26. The average Bonchev–Trinajstić information content (AvgIpc) is 2.59. The quantitative estimate of drug-likeness (QED) is 0.529. The highest BCUT2D eigenvalue weighted by atomic mass is 16.6. The van der Waals surface area contributed by atoms with Crippen LogP contribution >= 0.6 is 0 Å². The van der Waals surface area contributed by atoms with Gasteiger partial charge in [0.15, 0.2) is 0 Å². The minimum absolute atomic E-state index is 0.0260. The molecule has 0 unspecified atom stereocenters. The Labute approximate surface area is 140 Å². The number of pyridine rings is 1. The zero-order valence-electron chi connectivity index (χ0n) is 13.5. The normalized spacial score (nSPS) is 11.1. The summed E-state index contributed by atoms with van der Waals surface area (Å²) in [7, 11) is 4.00. The van der Waals surface area contributed by atoms with Gasteiger partial charge in [0.2, 0.25) is 0 Å². The van der Waals surface area contributed by atoms with Crippen LogP contribution in [0.4, 0.5) is 11.4 Å². The number of nitro benzene ring substituents is 1. The first-order valence-electron chi connectivity index (χ1n) is 7.54. The van der Waals surface area contributed by atoms with E-state index >= 15 is 0 Å². The lowest BCUT2D eigenvalue weighted by atomic mass is 10.1. The van der Waals surface area contributed by atoms with E-state index < -0.39 is 4.92 Å². The molecule has 3 rings (SSSR count). The van der Waals surface area contributed by atoms with E-state index in [0.717, 1.165) is 22.2 Å². The van der Waals surface area contributed by atoms with Crippen molar-refractivity contribution in [1.29, 1.82) is 0 Å². The molecule has 0 aliphatic rings. The number of hydrogen-bond acceptors (Lipinski definition) is 4. The molecular formula is C19H17N3O2. The standard InChI is InChI=1S/C19H17N3O2/c1-21(2)16-10-7-14(8-11-16)6-9-15-12-13-20-19-17(15)4-3-5-18(19)22(23)24/h3-13H,1-2H3/b9-6-. The van der Waals surface area contributed by atoms with E-state index in [2.05, 4.69) is 17.1 Å². The van der Waals surface area contributed by atoms with E-state index in [1.54, 1.807) is 12.3 Å². The molecule has 5 nitrogen and oxygen atoms in total. The molecular weight excluding hydrogens is 302 g/mol. The number of anilines is 1. The van der Waals surface area contributed by atoms with Crippen molar-refractivity contribution in [2.24, 2.45) is 0 Å². The fourth-order valence-electron chi connectivity index (χ4n) is 2.54. The largest absolute Gasteiger partial charge is 0.378 e. The van der Waals surface area contributed by atoms with Crippen LogP contribution in [-0.2, 0) is 0 Å². The van der Waals surface area contributed by atoms with Crippen LogP contribution in [0.3, 0.4) is 0 Å². The van der Waals surface area contributed by atoms with Crippen LogP contribution in [0, 0.1) is 10.1 Å². The van der Waals surface area contributed by atoms with Crippen molar-refractivity contribution in [2.75, 3.05) is 19.0 Å². The monoisotopic (exact) mass is 319 g/mol. The molecule has 0 aliphatic carbocycles. The Morgan fingerprint density at radius 2 is 1.79 bits per heavy atom. The molecule has 1 heterocycles. The molecule has 2 aromatic carbocycles. The second kappa shape index (κ2) is 6.50. The Morgan fingerprint density at radius 1 is 1.04 bits per heavy atom. The third kappa shape index (κ3) is 3.10. The summed E-state index contributed by atoms with van der Waals surface area (Å²) >= 11 is 0. The van der Waals surface area contributed by atoms with Gasteiger partial charge < -0.3 is 4.90 Å². The van der Waals surface area contributed by atoms with Gasteiger partial charge >= 0.3 is 0 Å². The molecule has 0 aliphatic heterocycles. The minimum Gasteiger partial charge on any atom is -0.378 e. The van der Waals surface area contributed by atoms with Crippen molar-refractivity contribution in [3.05, 3.63) is 76.0 Å². The number of para-hydroxylation sites is 1. The number of fused-ring (bicyclic) bond motifs is 1. The number of benzene rings is 2. The highest BCUT2D eigenvalue weighted by molar-refractivity contribution is 5.95. The fourth-order valence-corrected chi connectivity index (χ4v) is 2.54. The molecule has 0 fully saturated rings. The number of nitrogens with zero attached hydrogens (tertiary/aromatic N) is 3. The molecule has 3 aromatic rings. The van der Waals surface area contributed by atoms with Crippen LogP contribution in [0.15, 0.2) is 54.7 Å². The lowest BCUT2D eigenvalue weighted by molar-refractivity contribution is -0.383. The van der Waals surface area contributed by atoms with Crippen molar-refractivity contribution in [3.8, 4) is 0 Å². The number of non-ortho nitro benzene ring substituents is 1. The maximum atomic E-state index is 11.1. The number of aromatic nitrogens is 1. The van der Waals surface area contributed by atoms with Gasteiger partial charge in [0.05, 0.1) is 4.92 Å². The first-order valence-corrected chi connectivity index (χ1v) is 7.54. The van der Waals surface area contributed by atoms with Crippen LogP contribution < -0.4 is 4.90 Å². The van der Waals surface area contributed by atoms with E-state index in [0.29, 0.717) is 5.52 Å². The highest BCUT2D eigenvalue weighted by Gasteiger charge is 2.13. The van der Waals surface area contributed by atoms with Crippen molar-refractivity contribution in [2.45, 2.75) is 0 Å². The van der Waals surface area contributed by atoms with E-state index in [1.165, 1.54) is 6.07 Å². The predicted octanol–water partition coefficient (Wildman–Crippen LogP) is 4.38. The summed E-state index contributed by atoms with van der Waals surface area (Å²) in [6, 6.07) is 15.1. The topological polar surface area (TPSA) is 59.3 Å². The lowest BCUT2D eigenvalue weighted by Crippen LogP contribution is -2.07. The molecule has 0 saturated carbocycles. The van der Waals surface area contributed by atoms with E-state index in [-0.39, 0.29) is 5.69 Å². The first-order chi connectivity index (χ1) is 11.6. The lowest BCUT2D eigenvalue weighted by Gasteiger charge is -2.11. The van der Waals surface area contributed by atoms with Gasteiger partial charge in [-0.15, -0.1) is 0 Å². The van der Waals surface area contributed by atoms with Crippen molar-refractivity contribution < 1.29 is 4.92 Å². The molecule has 5 heteroatoms. The Balaban J connectivity index is 1.98. The third-order valence-electron chi connectivity index (χ3n) is 3.84. The predicted molar refractivity (Wildman–Crippen MR) is 98.1 cm³/mol. The Bertz CT molecular complexity index is 916. The molecule has 0 radical (unpaired) electrons. The summed E-state index contributed by atoms with van der Waals surface area (Å²) in [5.41, 5.74) is 3.54. The molecule has 120 valence electrons. The fraction of sp³-hybridized carbons (Fsp3) is 0.105. The van der Waals surface area contributed by atoms with Gasteiger partial charge in [-0.3, -0.25) is 10.1 Å². The average molecular weight is 319 g/mol. The zero-order chi connectivity index (χ0) is 17.1. The van der Waals surface area contributed by atoms with E-state index in [9.17, 15) is 10.1 Å². The second-order valence-electron chi connectivity index (χ2n) is 5.65. The minimum atomic E-state index is -0.400. The number of hydrogen-bond donors (Lipinski definition) is 0. The summed E-state index contributed by atoms with van der Waals surface area (Å²) in [5.74, 6) is 0. The van der Waals surface area contributed by atoms with E-state index in [1.807, 2.05) is 55.4 Å². The van der Waals surface area contributed by atoms with Crippen molar-refractivity contribution in [3.63, 3.8) is 0 Å².